The minimum atomic E-state index is -0.510. The van der Waals surface area contributed by atoms with Crippen molar-refractivity contribution >= 4 is 29.5 Å². The van der Waals surface area contributed by atoms with E-state index in [0.717, 1.165) is 5.56 Å². The quantitative estimate of drug-likeness (QED) is 0.482. The first-order chi connectivity index (χ1) is 9.19. The van der Waals surface area contributed by atoms with Crippen LogP contribution in [0.15, 0.2) is 47.3 Å². The van der Waals surface area contributed by atoms with Gasteiger partial charge in [0.25, 0.3) is 0 Å². The number of ether oxygens (including phenoxy) is 2. The standard InChI is InChI=1S/C14H12ClNO3/c1-2-18-9-12-14(17)19-13(16-12)8-5-10-3-6-11(15)7-4-10/h3-9H,2H2,1H3/b8-5-,12-9+. The number of rotatable bonds is 4. The molecule has 0 spiro atoms. The molecule has 98 valence electrons. The number of halogens is 1. The molecule has 0 N–H and O–H groups in total. The van der Waals surface area contributed by atoms with Crippen LogP contribution in [0.2, 0.25) is 5.02 Å². The molecule has 0 atom stereocenters. The molecular formula is C14H12ClNO3. The molecule has 0 bridgehead atoms. The maximum Gasteiger partial charge on any atom is 0.367 e. The molecule has 1 heterocycles. The fourth-order valence-corrected chi connectivity index (χ4v) is 1.51. The Hall–Kier alpha value is -2.07. The summed E-state index contributed by atoms with van der Waals surface area (Å²) in [4.78, 5) is 15.4. The van der Waals surface area contributed by atoms with Gasteiger partial charge in [-0.05, 0) is 30.7 Å². The van der Waals surface area contributed by atoms with Gasteiger partial charge in [-0.2, -0.15) is 0 Å². The van der Waals surface area contributed by atoms with Crippen molar-refractivity contribution in [1.29, 1.82) is 0 Å². The zero-order valence-electron chi connectivity index (χ0n) is 10.3. The predicted molar refractivity (Wildman–Crippen MR) is 73.7 cm³/mol. The fraction of sp³-hybridized carbons (Fsp3) is 0.143. The number of benzene rings is 1. The van der Waals surface area contributed by atoms with Gasteiger partial charge in [0.2, 0.25) is 5.90 Å². The molecule has 1 aromatic rings. The summed E-state index contributed by atoms with van der Waals surface area (Å²) in [5.74, 6) is -0.268. The topological polar surface area (TPSA) is 47.9 Å². The molecule has 1 aliphatic rings. The third-order valence-corrected chi connectivity index (χ3v) is 2.54. The fourth-order valence-electron chi connectivity index (χ4n) is 1.38. The van der Waals surface area contributed by atoms with Crippen molar-refractivity contribution in [3.05, 3.63) is 52.9 Å². The average Bonchev–Trinajstić information content (AvgIpc) is 2.76. The Morgan fingerprint density at radius 3 is 2.74 bits per heavy atom. The van der Waals surface area contributed by atoms with Crippen molar-refractivity contribution in [3.8, 4) is 0 Å². The lowest BCUT2D eigenvalue weighted by atomic mass is 10.2. The van der Waals surface area contributed by atoms with Crippen LogP contribution in [0, 0.1) is 0 Å². The van der Waals surface area contributed by atoms with E-state index in [9.17, 15) is 4.79 Å². The minimum Gasteiger partial charge on any atom is -0.499 e. The van der Waals surface area contributed by atoms with Crippen molar-refractivity contribution in [3.63, 3.8) is 0 Å². The molecule has 0 saturated heterocycles. The smallest absolute Gasteiger partial charge is 0.367 e. The molecule has 0 fully saturated rings. The van der Waals surface area contributed by atoms with E-state index in [0.29, 0.717) is 11.6 Å². The van der Waals surface area contributed by atoms with Crippen molar-refractivity contribution in [1.82, 2.24) is 0 Å². The highest BCUT2D eigenvalue weighted by Gasteiger charge is 2.21. The van der Waals surface area contributed by atoms with E-state index in [1.807, 2.05) is 19.1 Å². The lowest BCUT2D eigenvalue weighted by Crippen LogP contribution is -2.01. The summed E-state index contributed by atoms with van der Waals surface area (Å²) in [5, 5.41) is 0.670. The van der Waals surface area contributed by atoms with E-state index < -0.39 is 5.97 Å². The number of hydrogen-bond acceptors (Lipinski definition) is 4. The number of carbonyl (C=O) groups excluding carboxylic acids is 1. The van der Waals surface area contributed by atoms with Crippen LogP contribution in [0.1, 0.15) is 12.5 Å². The maximum atomic E-state index is 11.4. The van der Waals surface area contributed by atoms with Gasteiger partial charge in [0, 0.05) is 11.1 Å². The molecule has 0 amide bonds. The lowest BCUT2D eigenvalue weighted by molar-refractivity contribution is -0.130. The number of nitrogens with zero attached hydrogens (tertiary/aromatic N) is 1. The van der Waals surface area contributed by atoms with E-state index in [2.05, 4.69) is 4.99 Å². The first-order valence-corrected chi connectivity index (χ1v) is 6.13. The Kier molecular flexibility index (Phi) is 4.36. The summed E-state index contributed by atoms with van der Waals surface area (Å²) in [5.41, 5.74) is 1.10. The van der Waals surface area contributed by atoms with E-state index in [1.165, 1.54) is 6.26 Å². The number of cyclic esters (lactones) is 1. The minimum absolute atomic E-state index is 0.164. The Bertz CT molecular complexity index is 559. The second-order valence-corrected chi connectivity index (χ2v) is 4.12. The van der Waals surface area contributed by atoms with Gasteiger partial charge in [-0.15, -0.1) is 0 Å². The summed E-state index contributed by atoms with van der Waals surface area (Å²) in [6.07, 6.45) is 4.70. The van der Waals surface area contributed by atoms with Crippen LogP contribution in [0.3, 0.4) is 0 Å². The largest absolute Gasteiger partial charge is 0.499 e. The molecule has 0 radical (unpaired) electrons. The predicted octanol–water partition coefficient (Wildman–Crippen LogP) is 3.19. The van der Waals surface area contributed by atoms with E-state index in [1.54, 1.807) is 24.3 Å². The van der Waals surface area contributed by atoms with Gasteiger partial charge in [0.1, 0.15) is 6.26 Å². The lowest BCUT2D eigenvalue weighted by Gasteiger charge is -1.94. The third kappa shape index (κ3) is 3.69. The Morgan fingerprint density at radius 1 is 1.32 bits per heavy atom. The first-order valence-electron chi connectivity index (χ1n) is 5.75. The number of hydrogen-bond donors (Lipinski definition) is 0. The van der Waals surface area contributed by atoms with Gasteiger partial charge in [-0.25, -0.2) is 9.79 Å². The summed E-state index contributed by atoms with van der Waals surface area (Å²) in [6, 6.07) is 7.27. The van der Waals surface area contributed by atoms with E-state index in [-0.39, 0.29) is 11.6 Å². The highest BCUT2D eigenvalue weighted by atomic mass is 35.5. The highest BCUT2D eigenvalue weighted by molar-refractivity contribution is 6.30. The molecule has 19 heavy (non-hydrogen) atoms. The second kappa shape index (κ2) is 6.20. The normalized spacial score (nSPS) is 16.8. The summed E-state index contributed by atoms with van der Waals surface area (Å²) >= 11 is 5.79. The summed E-state index contributed by atoms with van der Waals surface area (Å²) in [7, 11) is 0. The Labute approximate surface area is 116 Å². The molecular weight excluding hydrogens is 266 g/mol. The van der Waals surface area contributed by atoms with Crippen molar-refractivity contribution < 1.29 is 14.3 Å². The maximum absolute atomic E-state index is 11.4. The van der Waals surface area contributed by atoms with Crippen LogP contribution in [0.5, 0.6) is 0 Å². The number of carbonyl (C=O) groups is 1. The third-order valence-electron chi connectivity index (χ3n) is 2.29. The van der Waals surface area contributed by atoms with Gasteiger partial charge >= 0.3 is 5.97 Å². The van der Waals surface area contributed by atoms with E-state index in [4.69, 9.17) is 21.1 Å². The number of aliphatic imine (C=N–C) groups is 1. The summed E-state index contributed by atoms with van der Waals surface area (Å²) in [6.45, 7) is 2.30. The second-order valence-electron chi connectivity index (χ2n) is 3.68. The van der Waals surface area contributed by atoms with Crippen molar-refractivity contribution in [2.45, 2.75) is 6.92 Å². The molecule has 4 nitrogen and oxygen atoms in total. The van der Waals surface area contributed by atoms with Crippen LogP contribution >= 0.6 is 11.6 Å². The van der Waals surface area contributed by atoms with Crippen LogP contribution < -0.4 is 0 Å². The van der Waals surface area contributed by atoms with Gasteiger partial charge in [-0.1, -0.05) is 23.7 Å². The van der Waals surface area contributed by atoms with Gasteiger partial charge in [0.15, 0.2) is 5.70 Å². The molecule has 0 unspecified atom stereocenters. The SMILES string of the molecule is CCO/C=C1N=C(/C=C\c2ccc(Cl)cc2)OC/1=O. The van der Waals surface area contributed by atoms with Crippen molar-refractivity contribution in [2.75, 3.05) is 6.61 Å². The molecule has 0 aromatic heterocycles. The Morgan fingerprint density at radius 2 is 2.05 bits per heavy atom. The molecule has 1 aliphatic heterocycles. The van der Waals surface area contributed by atoms with Gasteiger partial charge < -0.3 is 9.47 Å². The molecule has 0 saturated carbocycles. The first kappa shape index (κ1) is 13.4. The van der Waals surface area contributed by atoms with Crippen LogP contribution in [-0.4, -0.2) is 18.5 Å². The zero-order valence-corrected chi connectivity index (χ0v) is 11.1. The van der Waals surface area contributed by atoms with Crippen LogP contribution in [0.4, 0.5) is 0 Å². The Balaban J connectivity index is 2.07. The highest BCUT2D eigenvalue weighted by Crippen LogP contribution is 2.14. The number of esters is 1. The zero-order chi connectivity index (χ0) is 13.7. The van der Waals surface area contributed by atoms with Gasteiger partial charge in [0.05, 0.1) is 6.61 Å². The summed E-state index contributed by atoms with van der Waals surface area (Å²) < 4.78 is 9.97. The average molecular weight is 278 g/mol. The van der Waals surface area contributed by atoms with Crippen LogP contribution in [0.25, 0.3) is 6.08 Å². The van der Waals surface area contributed by atoms with Crippen LogP contribution in [-0.2, 0) is 14.3 Å². The van der Waals surface area contributed by atoms with E-state index >= 15 is 0 Å². The molecule has 0 aliphatic carbocycles. The van der Waals surface area contributed by atoms with Gasteiger partial charge in [-0.3, -0.25) is 0 Å². The molecule has 1 aromatic carbocycles. The monoisotopic (exact) mass is 277 g/mol. The molecule has 2 rings (SSSR count). The van der Waals surface area contributed by atoms with Crippen molar-refractivity contribution in [2.24, 2.45) is 4.99 Å². The molecule has 5 heteroatoms.